The smallest absolute Gasteiger partial charge is 0.315 e. The highest BCUT2D eigenvalue weighted by Gasteiger charge is 2.15. The first kappa shape index (κ1) is 19.3. The number of nitro benzene ring substituents is 1. The van der Waals surface area contributed by atoms with E-state index in [0.29, 0.717) is 37.8 Å². The van der Waals surface area contributed by atoms with Crippen LogP contribution in [0.3, 0.4) is 0 Å². The summed E-state index contributed by atoms with van der Waals surface area (Å²) in [7, 11) is 0. The van der Waals surface area contributed by atoms with Crippen molar-refractivity contribution in [1.29, 1.82) is 0 Å². The third-order valence-corrected chi connectivity index (χ3v) is 4.23. The van der Waals surface area contributed by atoms with Crippen LogP contribution in [0.2, 0.25) is 0 Å². The fraction of sp³-hybridized carbons (Fsp3) is 0.316. The van der Waals surface area contributed by atoms with Crippen LogP contribution in [0.4, 0.5) is 16.2 Å². The molecule has 0 aliphatic carbocycles. The zero-order valence-corrected chi connectivity index (χ0v) is 15.4. The summed E-state index contributed by atoms with van der Waals surface area (Å²) in [5, 5.41) is 19.4. The highest BCUT2D eigenvalue weighted by atomic mass is 16.6. The summed E-state index contributed by atoms with van der Waals surface area (Å²) in [5.41, 5.74) is 1.71. The normalized spacial score (nSPS) is 13.3. The molecule has 9 nitrogen and oxygen atoms in total. The van der Waals surface area contributed by atoms with Crippen molar-refractivity contribution in [1.82, 2.24) is 10.6 Å². The first-order valence-corrected chi connectivity index (χ1v) is 8.95. The number of nitro groups is 1. The van der Waals surface area contributed by atoms with Crippen LogP contribution in [0.1, 0.15) is 18.5 Å². The van der Waals surface area contributed by atoms with E-state index >= 15 is 0 Å². The Morgan fingerprint density at radius 1 is 1.11 bits per heavy atom. The van der Waals surface area contributed by atoms with E-state index in [1.165, 1.54) is 12.1 Å². The molecule has 0 saturated heterocycles. The Morgan fingerprint density at radius 3 is 2.54 bits per heavy atom. The molecule has 2 aromatic carbocycles. The van der Waals surface area contributed by atoms with Crippen LogP contribution in [0.25, 0.3) is 0 Å². The molecule has 3 N–H and O–H groups in total. The lowest BCUT2D eigenvalue weighted by Crippen LogP contribution is -2.39. The van der Waals surface area contributed by atoms with Crippen molar-refractivity contribution in [3.8, 4) is 11.5 Å². The molecule has 28 heavy (non-hydrogen) atoms. The molecule has 1 atom stereocenters. The monoisotopic (exact) mass is 386 g/mol. The van der Waals surface area contributed by atoms with E-state index in [2.05, 4.69) is 16.0 Å². The minimum atomic E-state index is -0.446. The second kappa shape index (κ2) is 8.94. The molecule has 1 aliphatic rings. The highest BCUT2D eigenvalue weighted by Crippen LogP contribution is 2.32. The zero-order valence-electron chi connectivity index (χ0n) is 15.4. The van der Waals surface area contributed by atoms with E-state index in [9.17, 15) is 14.9 Å². The first-order valence-electron chi connectivity index (χ1n) is 8.95. The number of anilines is 1. The molecule has 0 radical (unpaired) electrons. The Morgan fingerprint density at radius 2 is 1.82 bits per heavy atom. The fourth-order valence-electron chi connectivity index (χ4n) is 2.74. The number of hydrogen-bond donors (Lipinski definition) is 3. The molecule has 3 rings (SSSR count). The summed E-state index contributed by atoms with van der Waals surface area (Å²) in [4.78, 5) is 22.2. The number of hydrogen-bond acceptors (Lipinski definition) is 6. The molecule has 0 fully saturated rings. The van der Waals surface area contributed by atoms with Crippen molar-refractivity contribution in [3.63, 3.8) is 0 Å². The maximum atomic E-state index is 12.1. The van der Waals surface area contributed by atoms with Crippen LogP contribution in [0, 0.1) is 10.1 Å². The van der Waals surface area contributed by atoms with Gasteiger partial charge < -0.3 is 25.4 Å². The average molecular weight is 386 g/mol. The van der Waals surface area contributed by atoms with Gasteiger partial charge >= 0.3 is 6.03 Å². The number of rotatable bonds is 7. The van der Waals surface area contributed by atoms with E-state index in [-0.39, 0.29) is 17.8 Å². The highest BCUT2D eigenvalue weighted by molar-refractivity contribution is 5.74. The first-order chi connectivity index (χ1) is 13.5. The SMILES string of the molecule is C[C@H](NC(=O)NCCNc1ccc([N+](=O)[O-])cc1)c1ccc2c(c1)OCCO2. The maximum Gasteiger partial charge on any atom is 0.315 e. The minimum Gasteiger partial charge on any atom is -0.486 e. The molecule has 148 valence electrons. The molecule has 0 bridgehead atoms. The average Bonchev–Trinajstić information content (AvgIpc) is 2.71. The van der Waals surface area contributed by atoms with Crippen LogP contribution in [-0.2, 0) is 0 Å². The molecule has 0 saturated carbocycles. The van der Waals surface area contributed by atoms with Crippen LogP contribution >= 0.6 is 0 Å². The third kappa shape index (κ3) is 5.03. The van der Waals surface area contributed by atoms with E-state index in [1.807, 2.05) is 25.1 Å². The molecule has 9 heteroatoms. The molecule has 0 spiro atoms. The second-order valence-corrected chi connectivity index (χ2v) is 6.26. The van der Waals surface area contributed by atoms with Gasteiger partial charge in [-0.05, 0) is 36.8 Å². The number of carbonyl (C=O) groups excluding carboxylic acids is 1. The number of amides is 2. The van der Waals surface area contributed by atoms with Crippen LogP contribution < -0.4 is 25.4 Å². The number of carbonyl (C=O) groups is 1. The molecule has 2 amide bonds. The lowest BCUT2D eigenvalue weighted by atomic mass is 10.1. The molecular formula is C19H22N4O5. The van der Waals surface area contributed by atoms with Gasteiger partial charge in [-0.25, -0.2) is 4.79 Å². The van der Waals surface area contributed by atoms with Crippen molar-refractivity contribution in [2.24, 2.45) is 0 Å². The Kier molecular flexibility index (Phi) is 6.15. The van der Waals surface area contributed by atoms with Gasteiger partial charge in [-0.1, -0.05) is 6.07 Å². The number of non-ortho nitro benzene ring substituents is 1. The van der Waals surface area contributed by atoms with Crippen molar-refractivity contribution in [2.45, 2.75) is 13.0 Å². The second-order valence-electron chi connectivity index (χ2n) is 6.26. The van der Waals surface area contributed by atoms with Crippen LogP contribution in [0.15, 0.2) is 42.5 Å². The number of urea groups is 1. The molecule has 1 heterocycles. The predicted octanol–water partition coefficient (Wildman–Crippen LogP) is 2.84. The number of fused-ring (bicyclic) bond motifs is 1. The van der Waals surface area contributed by atoms with Gasteiger partial charge in [0.1, 0.15) is 13.2 Å². The Balaban J connectivity index is 1.41. The lowest BCUT2D eigenvalue weighted by Gasteiger charge is -2.21. The summed E-state index contributed by atoms with van der Waals surface area (Å²) >= 11 is 0. The van der Waals surface area contributed by atoms with Crippen molar-refractivity contribution < 1.29 is 19.2 Å². The van der Waals surface area contributed by atoms with Gasteiger partial charge in [0.05, 0.1) is 11.0 Å². The fourth-order valence-corrected chi connectivity index (χ4v) is 2.74. The maximum absolute atomic E-state index is 12.1. The predicted molar refractivity (Wildman–Crippen MR) is 104 cm³/mol. The Labute approximate surface area is 162 Å². The third-order valence-electron chi connectivity index (χ3n) is 4.23. The van der Waals surface area contributed by atoms with Crippen molar-refractivity contribution in [2.75, 3.05) is 31.6 Å². The Hall–Kier alpha value is -3.49. The minimum absolute atomic E-state index is 0.0381. The topological polar surface area (TPSA) is 115 Å². The summed E-state index contributed by atoms with van der Waals surface area (Å²) in [5.74, 6) is 1.40. The molecule has 2 aromatic rings. The molecule has 1 aliphatic heterocycles. The number of nitrogens with zero attached hydrogens (tertiary/aromatic N) is 1. The van der Waals surface area contributed by atoms with E-state index < -0.39 is 4.92 Å². The van der Waals surface area contributed by atoms with E-state index in [4.69, 9.17) is 9.47 Å². The largest absolute Gasteiger partial charge is 0.486 e. The van der Waals surface area contributed by atoms with Gasteiger partial charge in [-0.2, -0.15) is 0 Å². The molecule has 0 unspecified atom stereocenters. The number of ether oxygens (including phenoxy) is 2. The summed E-state index contributed by atoms with van der Waals surface area (Å²) in [6.45, 7) is 3.83. The van der Waals surface area contributed by atoms with Crippen LogP contribution in [-0.4, -0.2) is 37.3 Å². The van der Waals surface area contributed by atoms with Crippen molar-refractivity contribution >= 4 is 17.4 Å². The van der Waals surface area contributed by atoms with E-state index in [0.717, 1.165) is 11.3 Å². The van der Waals surface area contributed by atoms with Gasteiger partial charge in [0.15, 0.2) is 11.5 Å². The molecule has 0 aromatic heterocycles. The summed E-state index contributed by atoms with van der Waals surface area (Å²) < 4.78 is 11.1. The summed E-state index contributed by atoms with van der Waals surface area (Å²) in [6, 6.07) is 11.2. The van der Waals surface area contributed by atoms with Gasteiger partial charge in [0.25, 0.3) is 5.69 Å². The molecular weight excluding hydrogens is 364 g/mol. The zero-order chi connectivity index (χ0) is 19.9. The number of nitrogens with one attached hydrogen (secondary N) is 3. The van der Waals surface area contributed by atoms with Gasteiger partial charge in [-0.3, -0.25) is 10.1 Å². The van der Waals surface area contributed by atoms with Gasteiger partial charge in [0.2, 0.25) is 0 Å². The lowest BCUT2D eigenvalue weighted by molar-refractivity contribution is -0.384. The van der Waals surface area contributed by atoms with Crippen LogP contribution in [0.5, 0.6) is 11.5 Å². The standard InChI is InChI=1S/C19H22N4O5/c1-13(14-2-7-17-18(12-14)28-11-10-27-17)22-19(24)21-9-8-20-15-3-5-16(6-4-15)23(25)26/h2-7,12-13,20H,8-11H2,1H3,(H2,21,22,24)/t13-/m0/s1. The Bertz CT molecular complexity index is 841. The summed E-state index contributed by atoms with van der Waals surface area (Å²) in [6.07, 6.45) is 0. The van der Waals surface area contributed by atoms with E-state index in [1.54, 1.807) is 12.1 Å². The quantitative estimate of drug-likeness (QED) is 0.383. The van der Waals surface area contributed by atoms with Gasteiger partial charge in [0, 0.05) is 30.9 Å². The number of benzene rings is 2. The van der Waals surface area contributed by atoms with Crippen molar-refractivity contribution in [3.05, 3.63) is 58.1 Å². The van der Waals surface area contributed by atoms with Gasteiger partial charge in [-0.15, -0.1) is 0 Å².